The maximum absolute atomic E-state index is 13.2. The van der Waals surface area contributed by atoms with Crippen LogP contribution in [0.5, 0.6) is 0 Å². The van der Waals surface area contributed by atoms with Crippen LogP contribution in [-0.2, 0) is 0 Å². The van der Waals surface area contributed by atoms with Crippen LogP contribution in [0.4, 0.5) is 10.1 Å². The summed E-state index contributed by atoms with van der Waals surface area (Å²) in [4.78, 5) is 12.7. The number of ketones is 1. The highest BCUT2D eigenvalue weighted by Gasteiger charge is 2.18. The SMILES string of the molecule is O=C(CC(Nc1ccc(F)cc1)c1ccc(Cl)c(Cl)c1)c1ccccc1. The zero-order chi connectivity index (χ0) is 18.5. The molecule has 0 aromatic heterocycles. The van der Waals surface area contributed by atoms with Crippen molar-refractivity contribution in [2.75, 3.05) is 5.32 Å². The fourth-order valence-corrected chi connectivity index (χ4v) is 2.96. The molecule has 0 amide bonds. The highest BCUT2D eigenvalue weighted by Crippen LogP contribution is 2.30. The summed E-state index contributed by atoms with van der Waals surface area (Å²) in [5, 5.41) is 4.15. The van der Waals surface area contributed by atoms with Crippen LogP contribution in [0.1, 0.15) is 28.4 Å². The third-order valence-corrected chi connectivity index (χ3v) is 4.76. The number of carbonyl (C=O) groups is 1. The first kappa shape index (κ1) is 18.4. The molecule has 0 aliphatic carbocycles. The number of hydrogen-bond donors (Lipinski definition) is 1. The number of benzene rings is 3. The van der Waals surface area contributed by atoms with Crippen LogP contribution in [0, 0.1) is 5.82 Å². The van der Waals surface area contributed by atoms with Gasteiger partial charge in [-0.05, 0) is 42.0 Å². The van der Waals surface area contributed by atoms with Gasteiger partial charge in [0.25, 0.3) is 0 Å². The minimum atomic E-state index is -0.331. The van der Waals surface area contributed by atoms with Crippen LogP contribution >= 0.6 is 23.2 Å². The number of hydrogen-bond acceptors (Lipinski definition) is 2. The summed E-state index contributed by atoms with van der Waals surface area (Å²) >= 11 is 12.1. The standard InChI is InChI=1S/C21H16Cl2FNO/c22-18-11-6-15(12-19(18)23)20(25-17-9-7-16(24)8-10-17)13-21(26)14-4-2-1-3-5-14/h1-12,20,25H,13H2. The van der Waals surface area contributed by atoms with Crippen molar-refractivity contribution in [2.24, 2.45) is 0 Å². The molecular formula is C21H16Cl2FNO. The first-order valence-corrected chi connectivity index (χ1v) is 8.84. The predicted octanol–water partition coefficient (Wildman–Crippen LogP) is 6.56. The van der Waals surface area contributed by atoms with Crippen LogP contribution < -0.4 is 5.32 Å². The quantitative estimate of drug-likeness (QED) is 0.485. The van der Waals surface area contributed by atoms with Gasteiger partial charge in [-0.25, -0.2) is 4.39 Å². The van der Waals surface area contributed by atoms with Gasteiger partial charge >= 0.3 is 0 Å². The average molecular weight is 388 g/mol. The summed E-state index contributed by atoms with van der Waals surface area (Å²) in [6, 6.07) is 20.0. The molecule has 0 saturated heterocycles. The van der Waals surface area contributed by atoms with Crippen molar-refractivity contribution in [3.05, 3.63) is 99.8 Å². The lowest BCUT2D eigenvalue weighted by Crippen LogP contribution is -2.16. The summed E-state index contributed by atoms with van der Waals surface area (Å²) in [5.41, 5.74) is 2.18. The van der Waals surface area contributed by atoms with Gasteiger partial charge in [-0.1, -0.05) is 59.6 Å². The van der Waals surface area contributed by atoms with E-state index in [2.05, 4.69) is 5.32 Å². The van der Waals surface area contributed by atoms with E-state index < -0.39 is 0 Å². The summed E-state index contributed by atoms with van der Waals surface area (Å²) in [7, 11) is 0. The molecule has 26 heavy (non-hydrogen) atoms. The zero-order valence-electron chi connectivity index (χ0n) is 13.8. The monoisotopic (exact) mass is 387 g/mol. The van der Waals surface area contributed by atoms with E-state index >= 15 is 0 Å². The predicted molar refractivity (Wildman–Crippen MR) is 105 cm³/mol. The largest absolute Gasteiger partial charge is 0.378 e. The molecular weight excluding hydrogens is 372 g/mol. The molecule has 0 heterocycles. The van der Waals surface area contributed by atoms with Crippen molar-refractivity contribution in [1.82, 2.24) is 0 Å². The van der Waals surface area contributed by atoms with E-state index in [4.69, 9.17) is 23.2 Å². The molecule has 3 aromatic carbocycles. The maximum Gasteiger partial charge on any atom is 0.165 e. The van der Waals surface area contributed by atoms with E-state index in [1.165, 1.54) is 12.1 Å². The molecule has 1 atom stereocenters. The molecule has 3 rings (SSSR count). The van der Waals surface area contributed by atoms with E-state index in [0.717, 1.165) is 5.56 Å². The van der Waals surface area contributed by atoms with Gasteiger partial charge in [-0.15, -0.1) is 0 Å². The highest BCUT2D eigenvalue weighted by atomic mass is 35.5. The van der Waals surface area contributed by atoms with Gasteiger partial charge in [0.15, 0.2) is 5.78 Å². The number of anilines is 1. The van der Waals surface area contributed by atoms with Crippen LogP contribution in [0.2, 0.25) is 10.0 Å². The van der Waals surface area contributed by atoms with Crippen molar-refractivity contribution in [1.29, 1.82) is 0 Å². The Kier molecular flexibility index (Phi) is 5.92. The van der Waals surface area contributed by atoms with Crippen molar-refractivity contribution >= 4 is 34.7 Å². The second kappa shape index (κ2) is 8.35. The Morgan fingerprint density at radius 1 is 0.923 bits per heavy atom. The fraction of sp³-hybridized carbons (Fsp3) is 0.0952. The van der Waals surface area contributed by atoms with Crippen molar-refractivity contribution in [2.45, 2.75) is 12.5 Å². The second-order valence-electron chi connectivity index (χ2n) is 5.87. The van der Waals surface area contributed by atoms with Gasteiger partial charge in [-0.3, -0.25) is 4.79 Å². The normalized spacial score (nSPS) is 11.8. The molecule has 0 bridgehead atoms. The molecule has 5 heteroatoms. The summed E-state index contributed by atoms with van der Waals surface area (Å²) in [6.45, 7) is 0. The molecule has 0 radical (unpaired) electrons. The van der Waals surface area contributed by atoms with Crippen molar-refractivity contribution in [3.63, 3.8) is 0 Å². The Bertz CT molecular complexity index is 898. The van der Waals surface area contributed by atoms with E-state index in [-0.39, 0.29) is 24.1 Å². The highest BCUT2D eigenvalue weighted by molar-refractivity contribution is 6.42. The van der Waals surface area contributed by atoms with Gasteiger partial charge in [0, 0.05) is 17.7 Å². The molecule has 2 nitrogen and oxygen atoms in total. The Morgan fingerprint density at radius 3 is 2.27 bits per heavy atom. The molecule has 0 saturated carbocycles. The molecule has 0 spiro atoms. The van der Waals surface area contributed by atoms with E-state index in [9.17, 15) is 9.18 Å². The first-order valence-electron chi connectivity index (χ1n) is 8.08. The van der Waals surface area contributed by atoms with E-state index in [1.54, 1.807) is 36.4 Å². The zero-order valence-corrected chi connectivity index (χ0v) is 15.3. The van der Waals surface area contributed by atoms with Gasteiger partial charge in [-0.2, -0.15) is 0 Å². The third kappa shape index (κ3) is 4.63. The van der Waals surface area contributed by atoms with Gasteiger partial charge in [0.1, 0.15) is 5.82 Å². The number of Topliss-reactive ketones (excluding diaryl/α,β-unsaturated/α-hetero) is 1. The van der Waals surface area contributed by atoms with E-state index in [1.807, 2.05) is 24.3 Å². The van der Waals surface area contributed by atoms with Crippen molar-refractivity contribution < 1.29 is 9.18 Å². The smallest absolute Gasteiger partial charge is 0.165 e. The Hall–Kier alpha value is -2.36. The molecule has 132 valence electrons. The number of carbonyl (C=O) groups excluding carboxylic acids is 1. The Morgan fingerprint density at radius 2 is 1.62 bits per heavy atom. The lowest BCUT2D eigenvalue weighted by atomic mass is 9.97. The van der Waals surface area contributed by atoms with Gasteiger partial charge in [0.05, 0.1) is 16.1 Å². The number of halogens is 3. The molecule has 0 aliphatic rings. The van der Waals surface area contributed by atoms with Crippen LogP contribution in [0.25, 0.3) is 0 Å². The second-order valence-corrected chi connectivity index (χ2v) is 6.69. The van der Waals surface area contributed by atoms with E-state index in [0.29, 0.717) is 21.3 Å². The summed E-state index contributed by atoms with van der Waals surface area (Å²) in [5.74, 6) is -0.321. The summed E-state index contributed by atoms with van der Waals surface area (Å²) < 4.78 is 13.2. The third-order valence-electron chi connectivity index (χ3n) is 4.02. The van der Waals surface area contributed by atoms with Crippen LogP contribution in [-0.4, -0.2) is 5.78 Å². The van der Waals surface area contributed by atoms with Gasteiger partial charge in [0.2, 0.25) is 0 Å². The Balaban J connectivity index is 1.88. The first-order chi connectivity index (χ1) is 12.5. The molecule has 1 N–H and O–H groups in total. The number of nitrogens with one attached hydrogen (secondary N) is 1. The molecule has 1 unspecified atom stereocenters. The lowest BCUT2D eigenvalue weighted by Gasteiger charge is -2.20. The average Bonchev–Trinajstić information content (AvgIpc) is 2.66. The topological polar surface area (TPSA) is 29.1 Å². The minimum Gasteiger partial charge on any atom is -0.378 e. The molecule has 3 aromatic rings. The molecule has 0 aliphatic heterocycles. The number of rotatable bonds is 6. The summed E-state index contributed by atoms with van der Waals surface area (Å²) in [6.07, 6.45) is 0.222. The van der Waals surface area contributed by atoms with Crippen LogP contribution in [0.3, 0.4) is 0 Å². The minimum absolute atomic E-state index is 0.00344. The fourth-order valence-electron chi connectivity index (χ4n) is 2.66. The maximum atomic E-state index is 13.2. The lowest BCUT2D eigenvalue weighted by molar-refractivity contribution is 0.0976. The van der Waals surface area contributed by atoms with Crippen LogP contribution in [0.15, 0.2) is 72.8 Å². The molecule has 0 fully saturated rings. The Labute approximate surface area is 161 Å². The van der Waals surface area contributed by atoms with Gasteiger partial charge < -0.3 is 5.32 Å². The van der Waals surface area contributed by atoms with Crippen molar-refractivity contribution in [3.8, 4) is 0 Å².